The Bertz CT molecular complexity index is 455. The summed E-state index contributed by atoms with van der Waals surface area (Å²) in [4.78, 5) is 9.79. The Morgan fingerprint density at radius 2 is 2.05 bits per heavy atom. The molecular formula is C17H29N3O2. The second-order valence-electron chi connectivity index (χ2n) is 6.86. The Balaban J connectivity index is 1.58. The van der Waals surface area contributed by atoms with Gasteiger partial charge in [-0.1, -0.05) is 20.3 Å². The predicted molar refractivity (Wildman–Crippen MR) is 85.9 cm³/mol. The van der Waals surface area contributed by atoms with Crippen molar-refractivity contribution < 1.29 is 9.15 Å². The minimum absolute atomic E-state index is 0.360. The lowest BCUT2D eigenvalue weighted by Crippen LogP contribution is -2.49. The molecule has 0 N–H and O–H groups in total. The van der Waals surface area contributed by atoms with Crippen LogP contribution in [0.3, 0.4) is 0 Å². The maximum Gasteiger partial charge on any atom is 0.196 e. The first-order valence-electron chi connectivity index (χ1n) is 8.71. The smallest absolute Gasteiger partial charge is 0.196 e. The zero-order valence-corrected chi connectivity index (χ0v) is 14.0. The van der Waals surface area contributed by atoms with Crippen LogP contribution in [0.2, 0.25) is 0 Å². The number of nitrogens with zero attached hydrogens (tertiary/aromatic N) is 3. The highest BCUT2D eigenvalue weighted by Crippen LogP contribution is 2.22. The first-order valence-corrected chi connectivity index (χ1v) is 8.71. The van der Waals surface area contributed by atoms with Crippen LogP contribution in [0.25, 0.3) is 0 Å². The maximum absolute atomic E-state index is 5.59. The molecule has 124 valence electrons. The molecule has 0 aromatic carbocycles. The zero-order valence-electron chi connectivity index (χ0n) is 14.0. The Morgan fingerprint density at radius 3 is 2.77 bits per heavy atom. The van der Waals surface area contributed by atoms with E-state index >= 15 is 0 Å². The van der Waals surface area contributed by atoms with Crippen LogP contribution in [-0.2, 0) is 11.3 Å². The van der Waals surface area contributed by atoms with E-state index in [0.29, 0.717) is 12.0 Å². The lowest BCUT2D eigenvalue weighted by Gasteiger charge is -2.39. The molecule has 1 atom stereocenters. The zero-order chi connectivity index (χ0) is 15.4. The minimum Gasteiger partial charge on any atom is -0.448 e. The van der Waals surface area contributed by atoms with Crippen molar-refractivity contribution in [3.8, 4) is 0 Å². The SMILES string of the molecule is CC(C)c1nc(CN2CCCCC2CN2CCOCC2)co1. The van der Waals surface area contributed by atoms with Crippen molar-refractivity contribution in [3.63, 3.8) is 0 Å². The first kappa shape index (κ1) is 16.0. The van der Waals surface area contributed by atoms with Crippen LogP contribution in [0.1, 0.15) is 50.6 Å². The number of rotatable bonds is 5. The monoisotopic (exact) mass is 307 g/mol. The van der Waals surface area contributed by atoms with E-state index in [-0.39, 0.29) is 0 Å². The van der Waals surface area contributed by atoms with Gasteiger partial charge in [-0.05, 0) is 19.4 Å². The average molecular weight is 307 g/mol. The molecule has 2 saturated heterocycles. The number of hydrogen-bond acceptors (Lipinski definition) is 5. The second kappa shape index (κ2) is 7.57. The molecule has 1 aromatic rings. The molecule has 0 saturated carbocycles. The Labute approximate surface area is 133 Å². The summed E-state index contributed by atoms with van der Waals surface area (Å²) in [7, 11) is 0. The Morgan fingerprint density at radius 1 is 1.23 bits per heavy atom. The summed E-state index contributed by atoms with van der Waals surface area (Å²) in [6.45, 7) is 11.4. The number of morpholine rings is 1. The number of hydrogen-bond donors (Lipinski definition) is 0. The van der Waals surface area contributed by atoms with Crippen LogP contribution >= 0.6 is 0 Å². The van der Waals surface area contributed by atoms with Crippen LogP contribution in [-0.4, -0.2) is 60.2 Å². The van der Waals surface area contributed by atoms with E-state index in [1.54, 1.807) is 0 Å². The number of aromatic nitrogens is 1. The number of ether oxygens (including phenoxy) is 1. The van der Waals surface area contributed by atoms with Gasteiger partial charge in [0.05, 0.1) is 18.9 Å². The van der Waals surface area contributed by atoms with Crippen LogP contribution in [0.4, 0.5) is 0 Å². The number of likely N-dealkylation sites (tertiary alicyclic amines) is 1. The molecule has 1 aromatic heterocycles. The van der Waals surface area contributed by atoms with Crippen molar-refractivity contribution in [1.82, 2.24) is 14.8 Å². The fourth-order valence-electron chi connectivity index (χ4n) is 3.43. The lowest BCUT2D eigenvalue weighted by molar-refractivity contribution is 0.0151. The van der Waals surface area contributed by atoms with Crippen LogP contribution in [0.15, 0.2) is 10.7 Å². The van der Waals surface area contributed by atoms with Gasteiger partial charge in [0.1, 0.15) is 6.26 Å². The standard InChI is InChI=1S/C17H29N3O2/c1-14(2)17-18-15(13-22-17)11-20-6-4-3-5-16(20)12-19-7-9-21-10-8-19/h13-14,16H,3-12H2,1-2H3. The maximum atomic E-state index is 5.59. The topological polar surface area (TPSA) is 41.7 Å². The van der Waals surface area contributed by atoms with Gasteiger partial charge in [-0.15, -0.1) is 0 Å². The summed E-state index contributed by atoms with van der Waals surface area (Å²) < 4.78 is 11.0. The van der Waals surface area contributed by atoms with E-state index in [4.69, 9.17) is 9.15 Å². The van der Waals surface area contributed by atoms with E-state index in [2.05, 4.69) is 28.6 Å². The van der Waals surface area contributed by atoms with E-state index in [1.165, 1.54) is 25.8 Å². The molecular weight excluding hydrogens is 278 g/mol. The molecule has 2 aliphatic rings. The molecule has 0 bridgehead atoms. The summed E-state index contributed by atoms with van der Waals surface area (Å²) in [6.07, 6.45) is 5.79. The van der Waals surface area contributed by atoms with Crippen LogP contribution < -0.4 is 0 Å². The molecule has 0 aliphatic carbocycles. The summed E-state index contributed by atoms with van der Waals surface area (Å²) in [6, 6.07) is 0.644. The van der Waals surface area contributed by atoms with Crippen molar-refractivity contribution >= 4 is 0 Å². The van der Waals surface area contributed by atoms with Gasteiger partial charge in [-0.3, -0.25) is 9.80 Å². The molecule has 22 heavy (non-hydrogen) atoms. The van der Waals surface area contributed by atoms with Gasteiger partial charge in [-0.2, -0.15) is 0 Å². The highest BCUT2D eigenvalue weighted by molar-refractivity contribution is 5.00. The highest BCUT2D eigenvalue weighted by atomic mass is 16.5. The quantitative estimate of drug-likeness (QED) is 0.836. The Hall–Kier alpha value is -0.910. The molecule has 2 aliphatic heterocycles. The molecule has 0 spiro atoms. The van der Waals surface area contributed by atoms with Gasteiger partial charge in [-0.25, -0.2) is 4.98 Å². The van der Waals surface area contributed by atoms with E-state index < -0.39 is 0 Å². The predicted octanol–water partition coefficient (Wildman–Crippen LogP) is 2.48. The van der Waals surface area contributed by atoms with Crippen molar-refractivity contribution in [3.05, 3.63) is 17.8 Å². The van der Waals surface area contributed by atoms with Crippen molar-refractivity contribution in [2.24, 2.45) is 0 Å². The normalized spacial score (nSPS) is 25.0. The largest absolute Gasteiger partial charge is 0.448 e. The van der Waals surface area contributed by atoms with Gasteiger partial charge in [0, 0.05) is 38.1 Å². The summed E-state index contributed by atoms with van der Waals surface area (Å²) in [5, 5.41) is 0. The van der Waals surface area contributed by atoms with Gasteiger partial charge in [0.15, 0.2) is 5.89 Å². The fraction of sp³-hybridized carbons (Fsp3) is 0.824. The summed E-state index contributed by atoms with van der Waals surface area (Å²) >= 11 is 0. The van der Waals surface area contributed by atoms with Crippen molar-refractivity contribution in [1.29, 1.82) is 0 Å². The third kappa shape index (κ3) is 4.09. The van der Waals surface area contributed by atoms with Crippen molar-refractivity contribution in [2.75, 3.05) is 39.4 Å². The van der Waals surface area contributed by atoms with Crippen molar-refractivity contribution in [2.45, 2.75) is 51.6 Å². The van der Waals surface area contributed by atoms with Gasteiger partial charge < -0.3 is 9.15 Å². The van der Waals surface area contributed by atoms with E-state index in [9.17, 15) is 0 Å². The molecule has 5 nitrogen and oxygen atoms in total. The first-order chi connectivity index (χ1) is 10.7. The molecule has 2 fully saturated rings. The fourth-order valence-corrected chi connectivity index (χ4v) is 3.43. The Kier molecular flexibility index (Phi) is 5.50. The van der Waals surface area contributed by atoms with E-state index in [1.807, 2.05) is 6.26 Å². The van der Waals surface area contributed by atoms with Gasteiger partial charge in [0.2, 0.25) is 0 Å². The summed E-state index contributed by atoms with van der Waals surface area (Å²) in [5.74, 6) is 1.22. The lowest BCUT2D eigenvalue weighted by atomic mass is 10.0. The third-order valence-electron chi connectivity index (χ3n) is 4.75. The number of oxazole rings is 1. The third-order valence-corrected chi connectivity index (χ3v) is 4.75. The van der Waals surface area contributed by atoms with Gasteiger partial charge >= 0.3 is 0 Å². The van der Waals surface area contributed by atoms with Gasteiger partial charge in [0.25, 0.3) is 0 Å². The molecule has 1 unspecified atom stereocenters. The van der Waals surface area contributed by atoms with E-state index in [0.717, 1.165) is 51.0 Å². The molecule has 0 amide bonds. The molecule has 0 radical (unpaired) electrons. The minimum atomic E-state index is 0.360. The highest BCUT2D eigenvalue weighted by Gasteiger charge is 2.26. The summed E-state index contributed by atoms with van der Waals surface area (Å²) in [5.41, 5.74) is 1.08. The molecule has 3 rings (SSSR count). The average Bonchev–Trinajstić information content (AvgIpc) is 2.99. The van der Waals surface area contributed by atoms with Crippen LogP contribution in [0.5, 0.6) is 0 Å². The number of piperidine rings is 1. The second-order valence-corrected chi connectivity index (χ2v) is 6.86. The molecule has 3 heterocycles. The molecule has 5 heteroatoms. The van der Waals surface area contributed by atoms with Crippen LogP contribution in [0, 0.1) is 0 Å².